The molecule has 0 fully saturated rings. The van der Waals surface area contributed by atoms with Crippen molar-refractivity contribution in [2.75, 3.05) is 12.4 Å². The van der Waals surface area contributed by atoms with Crippen molar-refractivity contribution in [3.63, 3.8) is 0 Å². The van der Waals surface area contributed by atoms with Crippen LogP contribution in [0.5, 0.6) is 0 Å². The highest BCUT2D eigenvalue weighted by atomic mass is 32.1. The molecule has 1 aliphatic rings. The van der Waals surface area contributed by atoms with E-state index in [4.69, 9.17) is 0 Å². The summed E-state index contributed by atoms with van der Waals surface area (Å²) in [6, 6.07) is 9.96. The molecule has 0 atom stereocenters. The largest absolute Gasteiger partial charge is 0.355 e. The molecule has 3 rings (SSSR count). The zero-order chi connectivity index (χ0) is 16.9. The van der Waals surface area contributed by atoms with Crippen LogP contribution in [-0.4, -0.2) is 18.9 Å². The summed E-state index contributed by atoms with van der Waals surface area (Å²) < 4.78 is 0. The molecule has 2 aromatic rings. The third-order valence-electron chi connectivity index (χ3n) is 4.36. The van der Waals surface area contributed by atoms with Crippen LogP contribution in [0.2, 0.25) is 0 Å². The number of carbonyl (C=O) groups excluding carboxylic acids is 2. The first-order valence-corrected chi connectivity index (χ1v) is 9.21. The van der Waals surface area contributed by atoms with Crippen LogP contribution in [0.15, 0.2) is 30.3 Å². The number of hydrogen-bond acceptors (Lipinski definition) is 3. The Labute approximate surface area is 146 Å². The predicted octanol–water partition coefficient (Wildman–Crippen LogP) is 3.56. The smallest absolute Gasteiger partial charge is 0.254 e. The number of anilines is 1. The third kappa shape index (κ3) is 3.67. The first-order chi connectivity index (χ1) is 11.7. The van der Waals surface area contributed by atoms with Gasteiger partial charge in [0, 0.05) is 18.3 Å². The maximum absolute atomic E-state index is 12.3. The number of amides is 2. The van der Waals surface area contributed by atoms with Gasteiger partial charge in [-0.2, -0.15) is 0 Å². The zero-order valence-corrected chi connectivity index (χ0v) is 14.7. The Balaban J connectivity index is 1.73. The summed E-state index contributed by atoms with van der Waals surface area (Å²) in [5.41, 5.74) is 2.94. The number of aryl methyl sites for hydroxylation is 2. The highest BCUT2D eigenvalue weighted by molar-refractivity contribution is 7.17. The van der Waals surface area contributed by atoms with Crippen molar-refractivity contribution in [2.45, 2.75) is 38.5 Å². The lowest BCUT2D eigenvalue weighted by molar-refractivity contribution is -0.116. The second-order valence-electron chi connectivity index (χ2n) is 6.03. The minimum Gasteiger partial charge on any atom is -0.355 e. The average molecular weight is 342 g/mol. The zero-order valence-electron chi connectivity index (χ0n) is 13.9. The molecule has 5 heteroatoms. The molecular formula is C19H22N2O2S. The van der Waals surface area contributed by atoms with E-state index in [9.17, 15) is 9.59 Å². The molecule has 1 aromatic heterocycles. The maximum atomic E-state index is 12.3. The number of benzene rings is 1. The quantitative estimate of drug-likeness (QED) is 0.873. The summed E-state index contributed by atoms with van der Waals surface area (Å²) >= 11 is 1.56. The monoisotopic (exact) mass is 342 g/mol. The van der Waals surface area contributed by atoms with E-state index >= 15 is 0 Å². The van der Waals surface area contributed by atoms with Gasteiger partial charge in [0.25, 0.3) is 5.91 Å². The van der Waals surface area contributed by atoms with Crippen LogP contribution in [0.3, 0.4) is 0 Å². The van der Waals surface area contributed by atoms with Crippen LogP contribution in [0.25, 0.3) is 0 Å². The highest BCUT2D eigenvalue weighted by Gasteiger charge is 2.25. The van der Waals surface area contributed by atoms with E-state index in [1.165, 1.54) is 4.88 Å². The van der Waals surface area contributed by atoms with Crippen molar-refractivity contribution < 1.29 is 9.59 Å². The molecule has 4 nitrogen and oxygen atoms in total. The summed E-state index contributed by atoms with van der Waals surface area (Å²) in [5.74, 6) is -0.143. The van der Waals surface area contributed by atoms with Gasteiger partial charge in [0.05, 0.1) is 5.56 Å². The summed E-state index contributed by atoms with van der Waals surface area (Å²) in [4.78, 5) is 25.8. The van der Waals surface area contributed by atoms with Crippen LogP contribution in [0, 0.1) is 0 Å². The molecule has 0 spiro atoms. The standard InChI is InChI=1S/C19H22N2O2S/c1-20-18(23)17-14-9-5-6-10-15(14)24-19(17)21-16(22)12-11-13-7-3-2-4-8-13/h2-4,7-8H,5-6,9-12H2,1H3,(H,20,23)(H,21,22). The fourth-order valence-electron chi connectivity index (χ4n) is 3.11. The van der Waals surface area contributed by atoms with E-state index in [0.717, 1.165) is 36.8 Å². The summed E-state index contributed by atoms with van der Waals surface area (Å²) in [7, 11) is 1.64. The number of fused-ring (bicyclic) bond motifs is 1. The molecule has 0 aliphatic heterocycles. The van der Waals surface area contributed by atoms with Crippen LogP contribution < -0.4 is 10.6 Å². The van der Waals surface area contributed by atoms with Gasteiger partial charge in [-0.25, -0.2) is 0 Å². The fraction of sp³-hybridized carbons (Fsp3) is 0.368. The van der Waals surface area contributed by atoms with Gasteiger partial charge < -0.3 is 10.6 Å². The maximum Gasteiger partial charge on any atom is 0.254 e. The van der Waals surface area contributed by atoms with Gasteiger partial charge >= 0.3 is 0 Å². The molecule has 0 radical (unpaired) electrons. The van der Waals surface area contributed by atoms with Gasteiger partial charge in [-0.1, -0.05) is 30.3 Å². The van der Waals surface area contributed by atoms with Crippen molar-refractivity contribution in [1.82, 2.24) is 5.32 Å². The Morgan fingerprint density at radius 1 is 1.12 bits per heavy atom. The van der Waals surface area contributed by atoms with Gasteiger partial charge in [-0.3, -0.25) is 9.59 Å². The first kappa shape index (κ1) is 16.7. The Bertz CT molecular complexity index is 737. The lowest BCUT2D eigenvalue weighted by Gasteiger charge is -2.12. The Kier molecular flexibility index (Phi) is 5.30. The van der Waals surface area contributed by atoms with Crippen molar-refractivity contribution >= 4 is 28.2 Å². The minimum absolute atomic E-state index is 0.0393. The Hall–Kier alpha value is -2.14. The number of nitrogens with one attached hydrogen (secondary N) is 2. The molecule has 1 heterocycles. The minimum atomic E-state index is -0.104. The molecular weight excluding hydrogens is 320 g/mol. The van der Waals surface area contributed by atoms with E-state index < -0.39 is 0 Å². The van der Waals surface area contributed by atoms with Crippen molar-refractivity contribution in [2.24, 2.45) is 0 Å². The predicted molar refractivity (Wildman–Crippen MR) is 97.7 cm³/mol. The van der Waals surface area contributed by atoms with E-state index in [-0.39, 0.29) is 11.8 Å². The molecule has 0 saturated carbocycles. The van der Waals surface area contributed by atoms with Gasteiger partial charge in [-0.05, 0) is 43.2 Å². The topological polar surface area (TPSA) is 58.2 Å². The molecule has 0 bridgehead atoms. The Morgan fingerprint density at radius 3 is 2.62 bits per heavy atom. The number of hydrogen-bond donors (Lipinski definition) is 2. The molecule has 1 aromatic carbocycles. The van der Waals surface area contributed by atoms with E-state index in [2.05, 4.69) is 10.6 Å². The highest BCUT2D eigenvalue weighted by Crippen LogP contribution is 2.38. The van der Waals surface area contributed by atoms with Crippen LogP contribution in [-0.2, 0) is 24.1 Å². The molecule has 0 unspecified atom stereocenters. The molecule has 0 saturated heterocycles. The van der Waals surface area contributed by atoms with Crippen LogP contribution >= 0.6 is 11.3 Å². The molecule has 24 heavy (non-hydrogen) atoms. The van der Waals surface area contributed by atoms with Gasteiger partial charge in [0.1, 0.15) is 5.00 Å². The van der Waals surface area contributed by atoms with Crippen LogP contribution in [0.1, 0.15) is 45.6 Å². The van der Waals surface area contributed by atoms with Gasteiger partial charge in [-0.15, -0.1) is 11.3 Å². The second kappa shape index (κ2) is 7.62. The van der Waals surface area contributed by atoms with Gasteiger partial charge in [0.2, 0.25) is 5.91 Å². The SMILES string of the molecule is CNC(=O)c1c(NC(=O)CCc2ccccc2)sc2c1CCCC2. The number of rotatable bonds is 5. The van der Waals surface area contributed by atoms with Crippen LogP contribution in [0.4, 0.5) is 5.00 Å². The Morgan fingerprint density at radius 2 is 1.88 bits per heavy atom. The molecule has 2 N–H and O–H groups in total. The normalized spacial score (nSPS) is 13.2. The fourth-order valence-corrected chi connectivity index (χ4v) is 4.41. The summed E-state index contributed by atoms with van der Waals surface area (Å²) in [5, 5.41) is 6.39. The lowest BCUT2D eigenvalue weighted by Crippen LogP contribution is -2.22. The van der Waals surface area contributed by atoms with Gasteiger partial charge in [0.15, 0.2) is 0 Å². The lowest BCUT2D eigenvalue weighted by atomic mass is 9.95. The van der Waals surface area contributed by atoms with Crippen molar-refractivity contribution in [1.29, 1.82) is 0 Å². The molecule has 1 aliphatic carbocycles. The molecule has 126 valence electrons. The van der Waals surface area contributed by atoms with Crippen molar-refractivity contribution in [3.8, 4) is 0 Å². The third-order valence-corrected chi connectivity index (χ3v) is 5.57. The number of carbonyl (C=O) groups is 2. The van der Waals surface area contributed by atoms with Crippen molar-refractivity contribution in [3.05, 3.63) is 51.9 Å². The van der Waals surface area contributed by atoms with E-state index in [1.807, 2.05) is 30.3 Å². The van der Waals surface area contributed by atoms with E-state index in [0.29, 0.717) is 23.4 Å². The molecule has 2 amide bonds. The summed E-state index contributed by atoms with van der Waals surface area (Å²) in [6.45, 7) is 0. The summed E-state index contributed by atoms with van der Waals surface area (Å²) in [6.07, 6.45) is 5.31. The van der Waals surface area contributed by atoms with E-state index in [1.54, 1.807) is 18.4 Å². The number of thiophene rings is 1. The first-order valence-electron chi connectivity index (χ1n) is 8.39. The average Bonchev–Trinajstić information content (AvgIpc) is 2.98. The second-order valence-corrected chi connectivity index (χ2v) is 7.13.